The molecule has 0 atom stereocenters. The second-order valence-corrected chi connectivity index (χ2v) is 6.37. The molecule has 2 N–H and O–H groups in total. The number of rotatable bonds is 3. The minimum absolute atomic E-state index is 0.154. The molecule has 4 rings (SSSR count). The lowest BCUT2D eigenvalue weighted by atomic mass is 9.97. The zero-order valence-corrected chi connectivity index (χ0v) is 14.3. The average molecular weight is 374 g/mol. The molecule has 5 nitrogen and oxygen atoms in total. The van der Waals surface area contributed by atoms with Gasteiger partial charge in [0.2, 0.25) is 5.95 Å². The number of ketones is 1. The Morgan fingerprint density at radius 1 is 1.00 bits per heavy atom. The van der Waals surface area contributed by atoms with Gasteiger partial charge in [0, 0.05) is 31.7 Å². The minimum atomic E-state index is -4.60. The van der Waals surface area contributed by atoms with Gasteiger partial charge < -0.3 is 15.2 Å². The molecule has 1 aliphatic rings. The van der Waals surface area contributed by atoms with Crippen LogP contribution in [0.15, 0.2) is 42.5 Å². The number of alkyl halides is 3. The monoisotopic (exact) mass is 374 g/mol. The first-order valence-electron chi connectivity index (χ1n) is 8.60. The van der Waals surface area contributed by atoms with Crippen LogP contribution >= 0.6 is 0 Å². The van der Waals surface area contributed by atoms with E-state index >= 15 is 0 Å². The molecule has 140 valence electrons. The van der Waals surface area contributed by atoms with Crippen LogP contribution in [-0.4, -0.2) is 41.9 Å². The summed E-state index contributed by atoms with van der Waals surface area (Å²) in [7, 11) is 0. The quantitative estimate of drug-likeness (QED) is 0.691. The lowest BCUT2D eigenvalue weighted by Gasteiger charge is -2.26. The molecular weight excluding hydrogens is 357 g/mol. The van der Waals surface area contributed by atoms with Crippen molar-refractivity contribution in [1.82, 2.24) is 15.3 Å². The first kappa shape index (κ1) is 17.5. The normalized spacial score (nSPS) is 15.3. The molecule has 0 radical (unpaired) electrons. The zero-order chi connectivity index (χ0) is 19.0. The summed E-state index contributed by atoms with van der Waals surface area (Å²) >= 11 is 0. The zero-order valence-electron chi connectivity index (χ0n) is 14.3. The Hall–Kier alpha value is -2.87. The van der Waals surface area contributed by atoms with Crippen LogP contribution < -0.4 is 10.2 Å². The molecule has 1 saturated heterocycles. The second-order valence-electron chi connectivity index (χ2n) is 6.37. The lowest BCUT2D eigenvalue weighted by Crippen LogP contribution is -2.44. The van der Waals surface area contributed by atoms with Crippen LogP contribution in [0.4, 0.5) is 19.1 Å². The van der Waals surface area contributed by atoms with Crippen LogP contribution in [0.1, 0.15) is 21.5 Å². The molecule has 2 aromatic carbocycles. The van der Waals surface area contributed by atoms with Gasteiger partial charge in [-0.3, -0.25) is 4.79 Å². The SMILES string of the molecule is O=C(c1ccccc1C(F)(F)F)c1cccc2[nH]c(N3CCNCC3)nc12. The molecule has 1 aliphatic heterocycles. The van der Waals surface area contributed by atoms with Gasteiger partial charge in [-0.05, 0) is 18.2 Å². The maximum atomic E-state index is 13.3. The highest BCUT2D eigenvalue weighted by Crippen LogP contribution is 2.33. The summed E-state index contributed by atoms with van der Waals surface area (Å²) in [4.78, 5) is 22.7. The van der Waals surface area contributed by atoms with Gasteiger partial charge in [0.15, 0.2) is 5.78 Å². The van der Waals surface area contributed by atoms with E-state index in [0.29, 0.717) is 17.0 Å². The highest BCUT2D eigenvalue weighted by Gasteiger charge is 2.35. The number of aromatic amines is 1. The van der Waals surface area contributed by atoms with Gasteiger partial charge in [0.1, 0.15) is 5.52 Å². The summed E-state index contributed by atoms with van der Waals surface area (Å²) in [5.41, 5.74) is -0.150. The number of nitrogens with one attached hydrogen (secondary N) is 2. The Kier molecular flexibility index (Phi) is 4.35. The molecule has 8 heteroatoms. The minimum Gasteiger partial charge on any atom is -0.340 e. The van der Waals surface area contributed by atoms with Crippen molar-refractivity contribution in [2.45, 2.75) is 6.18 Å². The van der Waals surface area contributed by atoms with Crippen molar-refractivity contribution in [3.05, 3.63) is 59.2 Å². The van der Waals surface area contributed by atoms with E-state index in [2.05, 4.69) is 20.2 Å². The molecule has 0 unspecified atom stereocenters. The van der Waals surface area contributed by atoms with E-state index in [-0.39, 0.29) is 11.1 Å². The van der Waals surface area contributed by atoms with E-state index in [9.17, 15) is 18.0 Å². The number of aromatic nitrogens is 2. The molecular formula is C19H17F3N4O. The van der Waals surface area contributed by atoms with E-state index in [1.165, 1.54) is 24.3 Å². The van der Waals surface area contributed by atoms with Gasteiger partial charge in [-0.1, -0.05) is 24.3 Å². The fourth-order valence-corrected chi connectivity index (χ4v) is 3.30. The average Bonchev–Trinajstić information content (AvgIpc) is 3.12. The van der Waals surface area contributed by atoms with Crippen molar-refractivity contribution in [2.75, 3.05) is 31.1 Å². The number of hydrogen-bond acceptors (Lipinski definition) is 4. The number of anilines is 1. The van der Waals surface area contributed by atoms with Crippen molar-refractivity contribution in [3.63, 3.8) is 0 Å². The van der Waals surface area contributed by atoms with Crippen LogP contribution in [0, 0.1) is 0 Å². The molecule has 0 bridgehead atoms. The highest BCUT2D eigenvalue weighted by molar-refractivity contribution is 6.16. The highest BCUT2D eigenvalue weighted by atomic mass is 19.4. The summed E-state index contributed by atoms with van der Waals surface area (Å²) in [6.45, 7) is 3.17. The molecule has 2 heterocycles. The van der Waals surface area contributed by atoms with E-state index in [0.717, 1.165) is 32.2 Å². The third-order valence-corrected chi connectivity index (χ3v) is 4.64. The topological polar surface area (TPSA) is 61.0 Å². The van der Waals surface area contributed by atoms with Gasteiger partial charge in [-0.25, -0.2) is 4.98 Å². The van der Waals surface area contributed by atoms with E-state index in [4.69, 9.17) is 0 Å². The Labute approximate surface area is 153 Å². The fraction of sp³-hybridized carbons (Fsp3) is 0.263. The first-order chi connectivity index (χ1) is 12.9. The summed E-state index contributed by atoms with van der Waals surface area (Å²) in [6.07, 6.45) is -4.60. The van der Waals surface area contributed by atoms with Gasteiger partial charge in [0.05, 0.1) is 16.6 Å². The lowest BCUT2D eigenvalue weighted by molar-refractivity contribution is -0.137. The predicted octanol–water partition coefficient (Wildman–Crippen LogP) is 3.22. The molecule has 3 aromatic rings. The number of imidazole rings is 1. The standard InChI is InChI=1S/C19H17F3N4O/c20-19(21,22)14-6-2-1-4-12(14)17(27)13-5-3-7-15-16(13)25-18(24-15)26-10-8-23-9-11-26/h1-7,23H,8-11H2,(H,24,25). The first-order valence-corrected chi connectivity index (χ1v) is 8.60. The fourth-order valence-electron chi connectivity index (χ4n) is 3.30. The number of carbonyl (C=O) groups excluding carboxylic acids is 1. The van der Waals surface area contributed by atoms with E-state index in [1.54, 1.807) is 12.1 Å². The molecule has 0 saturated carbocycles. The van der Waals surface area contributed by atoms with Crippen LogP contribution in [0.25, 0.3) is 11.0 Å². The number of benzene rings is 2. The summed E-state index contributed by atoms with van der Waals surface area (Å²) in [5.74, 6) is -0.0669. The largest absolute Gasteiger partial charge is 0.417 e. The third-order valence-electron chi connectivity index (χ3n) is 4.64. The molecule has 0 amide bonds. The van der Waals surface area contributed by atoms with Crippen molar-refractivity contribution >= 4 is 22.8 Å². The van der Waals surface area contributed by atoms with Crippen molar-refractivity contribution < 1.29 is 18.0 Å². The van der Waals surface area contributed by atoms with Gasteiger partial charge in [-0.2, -0.15) is 13.2 Å². The predicted molar refractivity (Wildman–Crippen MR) is 96.1 cm³/mol. The van der Waals surface area contributed by atoms with E-state index < -0.39 is 17.5 Å². The number of hydrogen-bond donors (Lipinski definition) is 2. The van der Waals surface area contributed by atoms with Crippen LogP contribution in [0.2, 0.25) is 0 Å². The van der Waals surface area contributed by atoms with Gasteiger partial charge in [0.25, 0.3) is 0 Å². The van der Waals surface area contributed by atoms with Crippen LogP contribution in [-0.2, 0) is 6.18 Å². The number of H-pyrrole nitrogens is 1. The number of halogens is 3. The van der Waals surface area contributed by atoms with Gasteiger partial charge in [-0.15, -0.1) is 0 Å². The maximum Gasteiger partial charge on any atom is 0.417 e. The van der Waals surface area contributed by atoms with Crippen molar-refractivity contribution in [1.29, 1.82) is 0 Å². The molecule has 1 aromatic heterocycles. The Morgan fingerprint density at radius 3 is 2.44 bits per heavy atom. The smallest absolute Gasteiger partial charge is 0.340 e. The molecule has 1 fully saturated rings. The van der Waals surface area contributed by atoms with Crippen molar-refractivity contribution in [2.24, 2.45) is 0 Å². The van der Waals surface area contributed by atoms with E-state index in [1.807, 2.05) is 0 Å². The number of fused-ring (bicyclic) bond motifs is 1. The Balaban J connectivity index is 1.78. The number of nitrogens with zero attached hydrogens (tertiary/aromatic N) is 2. The summed E-state index contributed by atoms with van der Waals surface area (Å²) in [6, 6.07) is 9.75. The Morgan fingerprint density at radius 2 is 1.70 bits per heavy atom. The van der Waals surface area contributed by atoms with Gasteiger partial charge >= 0.3 is 6.18 Å². The second kappa shape index (κ2) is 6.70. The molecule has 0 spiro atoms. The summed E-state index contributed by atoms with van der Waals surface area (Å²) < 4.78 is 39.9. The molecule has 0 aliphatic carbocycles. The van der Waals surface area contributed by atoms with Crippen LogP contribution in [0.5, 0.6) is 0 Å². The molecule has 27 heavy (non-hydrogen) atoms. The number of piperazine rings is 1. The maximum absolute atomic E-state index is 13.3. The number of carbonyl (C=O) groups is 1. The number of para-hydroxylation sites is 1. The third kappa shape index (κ3) is 3.28. The summed E-state index contributed by atoms with van der Waals surface area (Å²) in [5, 5.41) is 3.25. The Bertz CT molecular complexity index is 990. The van der Waals surface area contributed by atoms with Crippen molar-refractivity contribution in [3.8, 4) is 0 Å². The van der Waals surface area contributed by atoms with Crippen LogP contribution in [0.3, 0.4) is 0 Å².